The van der Waals surface area contributed by atoms with Gasteiger partial charge in [0.15, 0.2) is 0 Å². The molecule has 2 amide bonds. The molecule has 2 aromatic carbocycles. The highest BCUT2D eigenvalue weighted by molar-refractivity contribution is 6.35. The summed E-state index contributed by atoms with van der Waals surface area (Å²) in [5.74, 6) is -0.102. The van der Waals surface area contributed by atoms with Gasteiger partial charge in [0.2, 0.25) is 5.91 Å². The summed E-state index contributed by atoms with van der Waals surface area (Å²) in [6.45, 7) is 2.28. The summed E-state index contributed by atoms with van der Waals surface area (Å²) in [4.78, 5) is 23.9. The maximum absolute atomic E-state index is 12.0. The zero-order chi connectivity index (χ0) is 17.5. The fourth-order valence-electron chi connectivity index (χ4n) is 1.93. The second-order valence-electron chi connectivity index (χ2n) is 4.81. The van der Waals surface area contributed by atoms with Crippen molar-refractivity contribution < 1.29 is 14.3 Å². The zero-order valence-electron chi connectivity index (χ0n) is 12.9. The molecule has 0 spiro atoms. The highest BCUT2D eigenvalue weighted by atomic mass is 35.5. The van der Waals surface area contributed by atoms with E-state index in [1.54, 1.807) is 30.3 Å². The van der Waals surface area contributed by atoms with E-state index in [1.807, 2.05) is 6.92 Å². The second kappa shape index (κ2) is 8.57. The van der Waals surface area contributed by atoms with Gasteiger partial charge in [-0.05, 0) is 49.4 Å². The fraction of sp³-hybridized carbons (Fsp3) is 0.176. The van der Waals surface area contributed by atoms with Crippen molar-refractivity contribution in [2.75, 3.05) is 18.5 Å². The van der Waals surface area contributed by atoms with E-state index in [4.69, 9.17) is 27.9 Å². The molecule has 0 aliphatic heterocycles. The third kappa shape index (κ3) is 5.15. The molecule has 0 aliphatic rings. The van der Waals surface area contributed by atoms with Gasteiger partial charge in [0, 0.05) is 10.7 Å². The van der Waals surface area contributed by atoms with Gasteiger partial charge in [0.25, 0.3) is 5.91 Å². The number of hydrogen-bond acceptors (Lipinski definition) is 3. The van der Waals surface area contributed by atoms with Gasteiger partial charge >= 0.3 is 0 Å². The van der Waals surface area contributed by atoms with Crippen LogP contribution in [0.25, 0.3) is 0 Å². The Bertz CT molecular complexity index is 733. The molecule has 126 valence electrons. The quantitative estimate of drug-likeness (QED) is 0.817. The van der Waals surface area contributed by atoms with Gasteiger partial charge in [-0.2, -0.15) is 0 Å². The van der Waals surface area contributed by atoms with Gasteiger partial charge in [-0.3, -0.25) is 9.59 Å². The first kappa shape index (κ1) is 18.1. The van der Waals surface area contributed by atoms with E-state index in [0.29, 0.717) is 17.3 Å². The molecule has 0 saturated heterocycles. The van der Waals surface area contributed by atoms with Crippen LogP contribution < -0.4 is 15.4 Å². The van der Waals surface area contributed by atoms with E-state index in [1.165, 1.54) is 12.1 Å². The first-order chi connectivity index (χ1) is 11.5. The lowest BCUT2D eigenvalue weighted by Gasteiger charge is -2.09. The standard InChI is InChI=1S/C17H16Cl2N2O3/c1-2-24-13-6-4-12(5-7-13)21-16(22)10-20-17(23)14-9-11(18)3-8-15(14)19/h3-9H,2,10H2,1H3,(H,20,23)(H,21,22). The van der Waals surface area contributed by atoms with Gasteiger partial charge < -0.3 is 15.4 Å². The SMILES string of the molecule is CCOc1ccc(NC(=O)CNC(=O)c2cc(Cl)ccc2Cl)cc1. The summed E-state index contributed by atoms with van der Waals surface area (Å²) >= 11 is 11.8. The van der Waals surface area contributed by atoms with Crippen LogP contribution in [-0.4, -0.2) is 25.0 Å². The lowest BCUT2D eigenvalue weighted by Crippen LogP contribution is -2.33. The molecule has 5 nitrogen and oxygen atoms in total. The molecule has 0 unspecified atom stereocenters. The molecule has 0 aliphatic carbocycles. The van der Waals surface area contributed by atoms with Crippen LogP contribution in [-0.2, 0) is 4.79 Å². The van der Waals surface area contributed by atoms with Crippen molar-refractivity contribution in [3.8, 4) is 5.75 Å². The molecule has 0 heterocycles. The van der Waals surface area contributed by atoms with Crippen molar-refractivity contribution in [3.05, 3.63) is 58.1 Å². The van der Waals surface area contributed by atoms with Crippen molar-refractivity contribution in [2.45, 2.75) is 6.92 Å². The molecular weight excluding hydrogens is 351 g/mol. The summed E-state index contributed by atoms with van der Waals surface area (Å²) in [5.41, 5.74) is 0.830. The Morgan fingerprint density at radius 3 is 2.46 bits per heavy atom. The van der Waals surface area contributed by atoms with Crippen molar-refractivity contribution in [1.82, 2.24) is 5.32 Å². The molecule has 0 fully saturated rings. The number of carbonyl (C=O) groups excluding carboxylic acids is 2. The molecule has 2 aromatic rings. The summed E-state index contributed by atoms with van der Waals surface area (Å²) < 4.78 is 5.32. The van der Waals surface area contributed by atoms with E-state index >= 15 is 0 Å². The number of amides is 2. The van der Waals surface area contributed by atoms with E-state index < -0.39 is 5.91 Å². The van der Waals surface area contributed by atoms with E-state index in [2.05, 4.69) is 10.6 Å². The second-order valence-corrected chi connectivity index (χ2v) is 5.66. The molecule has 0 saturated carbocycles. The number of hydrogen-bond donors (Lipinski definition) is 2. The van der Waals surface area contributed by atoms with E-state index in [9.17, 15) is 9.59 Å². The summed E-state index contributed by atoms with van der Waals surface area (Å²) in [6, 6.07) is 11.5. The number of ether oxygens (including phenoxy) is 1. The third-order valence-corrected chi connectivity index (χ3v) is 3.60. The Kier molecular flexibility index (Phi) is 6.46. The average Bonchev–Trinajstić information content (AvgIpc) is 2.57. The van der Waals surface area contributed by atoms with Crippen LogP contribution in [0.2, 0.25) is 10.0 Å². The Balaban J connectivity index is 1.88. The van der Waals surface area contributed by atoms with Crippen LogP contribution in [0.1, 0.15) is 17.3 Å². The maximum atomic E-state index is 12.0. The lowest BCUT2D eigenvalue weighted by atomic mass is 10.2. The first-order valence-electron chi connectivity index (χ1n) is 7.25. The normalized spacial score (nSPS) is 10.1. The maximum Gasteiger partial charge on any atom is 0.253 e. The number of carbonyl (C=O) groups is 2. The Labute approximate surface area is 149 Å². The molecule has 0 radical (unpaired) electrons. The fourth-order valence-corrected chi connectivity index (χ4v) is 2.31. The van der Waals surface area contributed by atoms with Gasteiger partial charge in [-0.15, -0.1) is 0 Å². The Hall–Kier alpha value is -2.24. The minimum atomic E-state index is -0.468. The van der Waals surface area contributed by atoms with Crippen molar-refractivity contribution in [2.24, 2.45) is 0 Å². The molecule has 2 N–H and O–H groups in total. The number of rotatable bonds is 6. The van der Waals surface area contributed by atoms with Crippen LogP contribution in [0.3, 0.4) is 0 Å². The minimum Gasteiger partial charge on any atom is -0.494 e. The topological polar surface area (TPSA) is 67.4 Å². The molecule has 0 aromatic heterocycles. The zero-order valence-corrected chi connectivity index (χ0v) is 14.4. The first-order valence-corrected chi connectivity index (χ1v) is 8.01. The number of benzene rings is 2. The molecule has 0 bridgehead atoms. The molecule has 24 heavy (non-hydrogen) atoms. The van der Waals surface area contributed by atoms with Gasteiger partial charge in [-0.1, -0.05) is 23.2 Å². The summed E-state index contributed by atoms with van der Waals surface area (Å²) in [7, 11) is 0. The lowest BCUT2D eigenvalue weighted by molar-refractivity contribution is -0.115. The predicted octanol–water partition coefficient (Wildman–Crippen LogP) is 3.76. The van der Waals surface area contributed by atoms with Crippen LogP contribution in [0.5, 0.6) is 5.75 Å². The third-order valence-electron chi connectivity index (χ3n) is 3.03. The molecular formula is C17H16Cl2N2O3. The Morgan fingerprint density at radius 2 is 1.79 bits per heavy atom. The monoisotopic (exact) mass is 366 g/mol. The molecule has 7 heteroatoms. The molecule has 2 rings (SSSR count). The highest BCUT2D eigenvalue weighted by Gasteiger charge is 2.12. The van der Waals surface area contributed by atoms with Crippen molar-refractivity contribution in [3.63, 3.8) is 0 Å². The van der Waals surface area contributed by atoms with Crippen LogP contribution in [0.4, 0.5) is 5.69 Å². The largest absolute Gasteiger partial charge is 0.494 e. The highest BCUT2D eigenvalue weighted by Crippen LogP contribution is 2.20. The van der Waals surface area contributed by atoms with Crippen molar-refractivity contribution >= 4 is 40.7 Å². The minimum absolute atomic E-state index is 0.186. The van der Waals surface area contributed by atoms with Gasteiger partial charge in [0.05, 0.1) is 23.7 Å². The molecule has 0 atom stereocenters. The Morgan fingerprint density at radius 1 is 1.08 bits per heavy atom. The number of anilines is 1. The number of nitrogens with one attached hydrogen (secondary N) is 2. The van der Waals surface area contributed by atoms with Gasteiger partial charge in [-0.25, -0.2) is 0 Å². The number of halogens is 2. The van der Waals surface area contributed by atoms with Crippen LogP contribution in [0.15, 0.2) is 42.5 Å². The van der Waals surface area contributed by atoms with E-state index in [-0.39, 0.29) is 23.0 Å². The van der Waals surface area contributed by atoms with Crippen LogP contribution >= 0.6 is 23.2 Å². The summed E-state index contributed by atoms with van der Waals surface area (Å²) in [5, 5.41) is 5.84. The smallest absolute Gasteiger partial charge is 0.253 e. The van der Waals surface area contributed by atoms with Crippen LogP contribution in [0, 0.1) is 0 Å². The summed E-state index contributed by atoms with van der Waals surface area (Å²) in [6.07, 6.45) is 0. The predicted molar refractivity (Wildman–Crippen MR) is 95.0 cm³/mol. The van der Waals surface area contributed by atoms with Gasteiger partial charge in [0.1, 0.15) is 5.75 Å². The average molecular weight is 367 g/mol. The van der Waals surface area contributed by atoms with E-state index in [0.717, 1.165) is 5.75 Å². The van der Waals surface area contributed by atoms with Crippen molar-refractivity contribution in [1.29, 1.82) is 0 Å².